The summed E-state index contributed by atoms with van der Waals surface area (Å²) < 4.78 is 17.2. The van der Waals surface area contributed by atoms with Crippen molar-refractivity contribution in [3.05, 3.63) is 47.7 Å². The van der Waals surface area contributed by atoms with Crippen LogP contribution in [-0.2, 0) is 14.2 Å². The van der Waals surface area contributed by atoms with Gasteiger partial charge in [-0.1, -0.05) is 30.3 Å². The lowest BCUT2D eigenvalue weighted by molar-refractivity contribution is -0.156. The normalized spacial score (nSPS) is 30.8. The molecular formula is C18H25NO4. The van der Waals surface area contributed by atoms with Crippen LogP contribution in [0.25, 0.3) is 0 Å². The Kier molecular flexibility index (Phi) is 4.73. The largest absolute Gasteiger partial charge is 0.488 e. The predicted molar refractivity (Wildman–Crippen MR) is 86.7 cm³/mol. The van der Waals surface area contributed by atoms with Crippen molar-refractivity contribution in [1.82, 2.24) is 5.32 Å². The topological polar surface area (TPSA) is 60.0 Å². The summed E-state index contributed by atoms with van der Waals surface area (Å²) in [5.41, 5.74) is 1.22. The number of aliphatic hydroxyl groups is 1. The molecule has 2 aliphatic heterocycles. The minimum atomic E-state index is -0.665. The first-order valence-corrected chi connectivity index (χ1v) is 8.10. The summed E-state index contributed by atoms with van der Waals surface area (Å²) in [6.45, 7) is 6.84. The van der Waals surface area contributed by atoms with Gasteiger partial charge in [-0.05, 0) is 32.4 Å². The van der Waals surface area contributed by atoms with Gasteiger partial charge in [-0.15, -0.1) is 0 Å². The highest BCUT2D eigenvalue weighted by Crippen LogP contribution is 2.30. The van der Waals surface area contributed by atoms with E-state index in [1.165, 1.54) is 5.56 Å². The van der Waals surface area contributed by atoms with Crippen molar-refractivity contribution in [3.8, 4) is 0 Å². The minimum Gasteiger partial charge on any atom is -0.488 e. The summed E-state index contributed by atoms with van der Waals surface area (Å²) in [6.07, 6.45) is 0.437. The van der Waals surface area contributed by atoms with Gasteiger partial charge in [0.2, 0.25) is 0 Å². The first-order valence-electron chi connectivity index (χ1n) is 8.10. The smallest absolute Gasteiger partial charge is 0.163 e. The van der Waals surface area contributed by atoms with Crippen molar-refractivity contribution in [2.45, 2.75) is 50.9 Å². The lowest BCUT2D eigenvalue weighted by Crippen LogP contribution is -2.38. The van der Waals surface area contributed by atoms with Gasteiger partial charge in [-0.3, -0.25) is 0 Å². The van der Waals surface area contributed by atoms with Gasteiger partial charge in [-0.2, -0.15) is 0 Å². The predicted octanol–water partition coefficient (Wildman–Crippen LogP) is 2.13. The van der Waals surface area contributed by atoms with E-state index in [4.69, 9.17) is 14.2 Å². The van der Waals surface area contributed by atoms with Gasteiger partial charge in [-0.25, -0.2) is 0 Å². The highest BCUT2D eigenvalue weighted by atomic mass is 16.8. The highest BCUT2D eigenvalue weighted by molar-refractivity contribution is 5.19. The molecule has 1 fully saturated rings. The van der Waals surface area contributed by atoms with Gasteiger partial charge >= 0.3 is 0 Å². The minimum absolute atomic E-state index is 0.210. The van der Waals surface area contributed by atoms with Crippen molar-refractivity contribution in [3.63, 3.8) is 0 Å². The van der Waals surface area contributed by atoms with Crippen LogP contribution in [0.1, 0.15) is 32.4 Å². The standard InChI is InChI=1S/C18H25NO4/c1-12(13-7-5-4-6-8-13)19-10-14-9-15(20)17(22-14)16-11-21-18(2,3)23-16/h4-9,12,15-17,19-20H,10-11H2,1-3H3/t12-,15-,16-,17+/m1/s1. The van der Waals surface area contributed by atoms with E-state index in [-0.39, 0.29) is 12.1 Å². The van der Waals surface area contributed by atoms with E-state index in [0.29, 0.717) is 13.2 Å². The van der Waals surface area contributed by atoms with Crippen LogP contribution in [-0.4, -0.2) is 42.4 Å². The average molecular weight is 319 g/mol. The second-order valence-corrected chi connectivity index (χ2v) is 6.59. The number of nitrogens with one attached hydrogen (secondary N) is 1. The number of ether oxygens (including phenoxy) is 3. The first kappa shape index (κ1) is 16.5. The monoisotopic (exact) mass is 319 g/mol. The Hall–Kier alpha value is -1.40. The van der Waals surface area contributed by atoms with Crippen molar-refractivity contribution < 1.29 is 19.3 Å². The fraction of sp³-hybridized carbons (Fsp3) is 0.556. The number of benzene rings is 1. The van der Waals surface area contributed by atoms with Crippen LogP contribution in [0.4, 0.5) is 0 Å². The Bertz CT molecular complexity index is 557. The molecule has 1 aromatic carbocycles. The van der Waals surface area contributed by atoms with E-state index < -0.39 is 18.0 Å². The Morgan fingerprint density at radius 2 is 2.04 bits per heavy atom. The highest BCUT2D eigenvalue weighted by Gasteiger charge is 2.43. The molecular weight excluding hydrogens is 294 g/mol. The molecule has 0 unspecified atom stereocenters. The maximum Gasteiger partial charge on any atom is 0.163 e. The molecule has 0 spiro atoms. The molecule has 5 heteroatoms. The third-order valence-corrected chi connectivity index (χ3v) is 4.26. The molecule has 0 saturated carbocycles. The molecule has 2 N–H and O–H groups in total. The summed E-state index contributed by atoms with van der Waals surface area (Å²) in [6, 6.07) is 10.4. The number of aliphatic hydroxyl groups excluding tert-OH is 1. The third kappa shape index (κ3) is 3.93. The van der Waals surface area contributed by atoms with Gasteiger partial charge in [0, 0.05) is 6.04 Å². The van der Waals surface area contributed by atoms with E-state index in [9.17, 15) is 5.11 Å². The van der Waals surface area contributed by atoms with Crippen LogP contribution in [0.2, 0.25) is 0 Å². The van der Waals surface area contributed by atoms with E-state index in [1.54, 1.807) is 6.08 Å². The number of hydrogen-bond acceptors (Lipinski definition) is 5. The molecule has 0 aliphatic carbocycles. The summed E-state index contributed by atoms with van der Waals surface area (Å²) in [5, 5.41) is 13.6. The first-order chi connectivity index (χ1) is 10.9. The van der Waals surface area contributed by atoms with E-state index >= 15 is 0 Å². The van der Waals surface area contributed by atoms with Crippen molar-refractivity contribution >= 4 is 0 Å². The average Bonchev–Trinajstić information content (AvgIpc) is 3.08. The Labute approximate surface area is 137 Å². The molecule has 0 aromatic heterocycles. The van der Waals surface area contributed by atoms with Crippen LogP contribution in [0.3, 0.4) is 0 Å². The van der Waals surface area contributed by atoms with Crippen LogP contribution in [0.5, 0.6) is 0 Å². The molecule has 4 atom stereocenters. The molecule has 5 nitrogen and oxygen atoms in total. The fourth-order valence-corrected chi connectivity index (χ4v) is 2.96. The molecule has 1 saturated heterocycles. The van der Waals surface area contributed by atoms with E-state index in [2.05, 4.69) is 24.4 Å². The molecule has 0 bridgehead atoms. The molecule has 0 amide bonds. The maximum atomic E-state index is 10.2. The maximum absolute atomic E-state index is 10.2. The van der Waals surface area contributed by atoms with Gasteiger partial charge in [0.15, 0.2) is 11.9 Å². The molecule has 1 aromatic rings. The zero-order chi connectivity index (χ0) is 16.4. The lowest BCUT2D eigenvalue weighted by Gasteiger charge is -2.23. The van der Waals surface area contributed by atoms with Gasteiger partial charge in [0.25, 0.3) is 0 Å². The second-order valence-electron chi connectivity index (χ2n) is 6.59. The molecule has 2 aliphatic rings. The summed E-state index contributed by atoms with van der Waals surface area (Å²) in [7, 11) is 0. The molecule has 23 heavy (non-hydrogen) atoms. The summed E-state index contributed by atoms with van der Waals surface area (Å²) in [5.74, 6) is 0.134. The Morgan fingerprint density at radius 1 is 1.30 bits per heavy atom. The van der Waals surface area contributed by atoms with Crippen LogP contribution < -0.4 is 5.32 Å². The van der Waals surface area contributed by atoms with Crippen molar-refractivity contribution in [2.24, 2.45) is 0 Å². The fourth-order valence-electron chi connectivity index (χ4n) is 2.96. The lowest BCUT2D eigenvalue weighted by atomic mass is 10.1. The van der Waals surface area contributed by atoms with E-state index in [0.717, 1.165) is 5.76 Å². The second kappa shape index (κ2) is 6.61. The summed E-state index contributed by atoms with van der Waals surface area (Å²) >= 11 is 0. The SMILES string of the molecule is C[C@@H](NCC1=C[C@@H](O)[C@@H]([C@H]2COC(C)(C)O2)O1)c1ccccc1. The van der Waals surface area contributed by atoms with Gasteiger partial charge < -0.3 is 24.6 Å². The van der Waals surface area contributed by atoms with Gasteiger partial charge in [0.05, 0.1) is 13.2 Å². The zero-order valence-electron chi connectivity index (χ0n) is 13.9. The van der Waals surface area contributed by atoms with Gasteiger partial charge in [0.1, 0.15) is 18.0 Å². The van der Waals surface area contributed by atoms with Crippen molar-refractivity contribution in [2.75, 3.05) is 13.2 Å². The van der Waals surface area contributed by atoms with Crippen LogP contribution >= 0.6 is 0 Å². The summed E-state index contributed by atoms with van der Waals surface area (Å²) in [4.78, 5) is 0. The Balaban J connectivity index is 1.52. The molecule has 126 valence electrons. The number of hydrogen-bond donors (Lipinski definition) is 2. The third-order valence-electron chi connectivity index (χ3n) is 4.26. The Morgan fingerprint density at radius 3 is 2.70 bits per heavy atom. The molecule has 2 heterocycles. The zero-order valence-corrected chi connectivity index (χ0v) is 13.9. The van der Waals surface area contributed by atoms with Crippen LogP contribution in [0.15, 0.2) is 42.2 Å². The van der Waals surface area contributed by atoms with Crippen molar-refractivity contribution in [1.29, 1.82) is 0 Å². The molecule has 3 rings (SSSR count). The van der Waals surface area contributed by atoms with Crippen LogP contribution in [0, 0.1) is 0 Å². The quantitative estimate of drug-likeness (QED) is 0.871. The molecule has 0 radical (unpaired) electrons. The number of rotatable bonds is 5. The van der Waals surface area contributed by atoms with E-state index in [1.807, 2.05) is 32.0 Å².